The number of hydrogen-bond donors (Lipinski definition) is 1. The lowest BCUT2D eigenvalue weighted by atomic mass is 10.0. The summed E-state index contributed by atoms with van der Waals surface area (Å²) in [5.41, 5.74) is 4.35. The molecule has 33 heavy (non-hydrogen) atoms. The van der Waals surface area contributed by atoms with Gasteiger partial charge in [0.05, 0.1) is 25.2 Å². The van der Waals surface area contributed by atoms with E-state index >= 15 is 0 Å². The number of aromatic nitrogens is 6. The van der Waals surface area contributed by atoms with E-state index in [0.29, 0.717) is 24.4 Å². The molecule has 3 aromatic heterocycles. The minimum atomic E-state index is -1.21. The largest absolute Gasteiger partial charge is 0.479 e. The molecular weight excluding hydrogens is 427 g/mol. The molecule has 5 rings (SSSR count). The molecule has 2 atom stereocenters. The van der Waals surface area contributed by atoms with E-state index in [4.69, 9.17) is 4.74 Å². The van der Waals surface area contributed by atoms with Gasteiger partial charge >= 0.3 is 0 Å². The van der Waals surface area contributed by atoms with Gasteiger partial charge < -0.3 is 15.0 Å². The van der Waals surface area contributed by atoms with Gasteiger partial charge in [0.25, 0.3) is 0 Å². The van der Waals surface area contributed by atoms with Crippen molar-refractivity contribution in [3.63, 3.8) is 0 Å². The number of halogens is 1. The minimum absolute atomic E-state index is 0.0612. The quantitative estimate of drug-likeness (QED) is 0.496. The van der Waals surface area contributed by atoms with Gasteiger partial charge in [-0.1, -0.05) is 11.3 Å². The van der Waals surface area contributed by atoms with Crippen LogP contribution in [0.1, 0.15) is 20.3 Å². The number of benzene rings is 1. The van der Waals surface area contributed by atoms with E-state index in [2.05, 4.69) is 25.7 Å². The normalized spacial score (nSPS) is 18.7. The van der Waals surface area contributed by atoms with Gasteiger partial charge in [-0.3, -0.25) is 4.79 Å². The molecule has 11 heteroatoms. The molecule has 10 nitrogen and oxygen atoms in total. The molecule has 0 saturated carbocycles. The van der Waals surface area contributed by atoms with Gasteiger partial charge in [-0.2, -0.15) is 4.98 Å². The molecule has 1 aliphatic heterocycles. The van der Waals surface area contributed by atoms with Crippen molar-refractivity contribution >= 4 is 28.4 Å². The van der Waals surface area contributed by atoms with E-state index in [1.54, 1.807) is 11.6 Å². The van der Waals surface area contributed by atoms with Gasteiger partial charge in [0.2, 0.25) is 17.7 Å². The van der Waals surface area contributed by atoms with Gasteiger partial charge in [-0.15, -0.1) is 10.2 Å². The van der Waals surface area contributed by atoms with E-state index in [9.17, 15) is 9.18 Å². The Morgan fingerprint density at radius 2 is 2.18 bits per heavy atom. The van der Waals surface area contributed by atoms with E-state index in [0.717, 1.165) is 28.7 Å². The van der Waals surface area contributed by atoms with Crippen LogP contribution in [0.3, 0.4) is 0 Å². The van der Waals surface area contributed by atoms with Crippen LogP contribution in [0, 0.1) is 0 Å². The van der Waals surface area contributed by atoms with Crippen molar-refractivity contribution in [2.75, 3.05) is 25.5 Å². The van der Waals surface area contributed by atoms with Crippen molar-refractivity contribution < 1.29 is 13.9 Å². The fraction of sp³-hybridized carbons (Fsp3) is 0.409. The number of methoxy groups -OCH3 is 1. The molecule has 0 spiro atoms. The van der Waals surface area contributed by atoms with Crippen molar-refractivity contribution in [2.45, 2.75) is 39.0 Å². The Hall–Kier alpha value is -3.76. The number of carbonyl (C=O) groups is 1. The number of anilines is 1. The van der Waals surface area contributed by atoms with Crippen LogP contribution >= 0.6 is 0 Å². The molecular formula is C22H25FN8O2. The summed E-state index contributed by atoms with van der Waals surface area (Å²) in [5.74, 6) is 0.534. The SMILES string of the molecule is CCn1nnc2ccc(-c3ccn4nc(N[C@H]5CCN(C(C)=O)C[C@H]5F)nc(OC)c34)cc21. The number of aryl methyl sites for hydroxylation is 1. The molecule has 1 N–H and O–H groups in total. The maximum absolute atomic E-state index is 14.7. The van der Waals surface area contributed by atoms with Crippen LogP contribution in [0.2, 0.25) is 0 Å². The molecule has 0 radical (unpaired) electrons. The Kier molecular flexibility index (Phi) is 5.31. The zero-order valence-electron chi connectivity index (χ0n) is 18.7. The second-order valence-electron chi connectivity index (χ2n) is 8.10. The number of likely N-dealkylation sites (tertiary alicyclic amines) is 1. The monoisotopic (exact) mass is 452 g/mol. The molecule has 1 amide bonds. The number of rotatable bonds is 5. The van der Waals surface area contributed by atoms with Gasteiger partial charge in [0.1, 0.15) is 17.2 Å². The third-order valence-electron chi connectivity index (χ3n) is 6.10. The van der Waals surface area contributed by atoms with Crippen molar-refractivity contribution in [1.82, 2.24) is 34.5 Å². The molecule has 1 saturated heterocycles. The van der Waals surface area contributed by atoms with Crippen LogP contribution in [0.4, 0.5) is 10.3 Å². The molecule has 172 valence electrons. The topological polar surface area (TPSA) is 102 Å². The first-order chi connectivity index (χ1) is 16.0. The zero-order valence-corrected chi connectivity index (χ0v) is 18.7. The van der Waals surface area contributed by atoms with Crippen LogP contribution in [0.15, 0.2) is 30.5 Å². The Labute approximate surface area is 189 Å². The second kappa shape index (κ2) is 8.30. The predicted molar refractivity (Wildman–Crippen MR) is 121 cm³/mol. The predicted octanol–water partition coefficient (Wildman–Crippen LogP) is 2.54. The van der Waals surface area contributed by atoms with Crippen molar-refractivity contribution in [1.29, 1.82) is 0 Å². The highest BCUT2D eigenvalue weighted by molar-refractivity contribution is 5.89. The van der Waals surface area contributed by atoms with Crippen molar-refractivity contribution in [3.8, 4) is 17.0 Å². The van der Waals surface area contributed by atoms with Crippen LogP contribution in [-0.2, 0) is 11.3 Å². The highest BCUT2D eigenvalue weighted by Gasteiger charge is 2.31. The molecule has 4 aromatic rings. The third-order valence-corrected chi connectivity index (χ3v) is 6.10. The molecule has 1 aliphatic rings. The van der Waals surface area contributed by atoms with Gasteiger partial charge in [0, 0.05) is 31.8 Å². The summed E-state index contributed by atoms with van der Waals surface area (Å²) in [6, 6.07) is 7.42. The third kappa shape index (κ3) is 3.73. The zero-order chi connectivity index (χ0) is 23.1. The molecule has 1 aromatic carbocycles. The van der Waals surface area contributed by atoms with Crippen molar-refractivity contribution in [2.24, 2.45) is 0 Å². The van der Waals surface area contributed by atoms with Gasteiger partial charge in [0.15, 0.2) is 0 Å². The summed E-state index contributed by atoms with van der Waals surface area (Å²) < 4.78 is 23.8. The number of nitrogens with one attached hydrogen (secondary N) is 1. The van der Waals surface area contributed by atoms with Gasteiger partial charge in [-0.25, -0.2) is 13.6 Å². The lowest BCUT2D eigenvalue weighted by Gasteiger charge is -2.34. The lowest BCUT2D eigenvalue weighted by molar-refractivity contribution is -0.131. The van der Waals surface area contributed by atoms with Crippen molar-refractivity contribution in [3.05, 3.63) is 30.5 Å². The maximum atomic E-state index is 14.7. The number of fused-ring (bicyclic) bond motifs is 2. The summed E-state index contributed by atoms with van der Waals surface area (Å²) in [5, 5.41) is 16.0. The Bertz CT molecular complexity index is 1330. The second-order valence-corrected chi connectivity index (χ2v) is 8.10. The highest BCUT2D eigenvalue weighted by atomic mass is 19.1. The average molecular weight is 452 g/mol. The fourth-order valence-corrected chi connectivity index (χ4v) is 4.31. The molecule has 0 aliphatic carbocycles. The number of piperidine rings is 1. The highest BCUT2D eigenvalue weighted by Crippen LogP contribution is 2.33. The van der Waals surface area contributed by atoms with Crippen LogP contribution in [-0.4, -0.2) is 72.8 Å². The number of ether oxygens (including phenoxy) is 1. The van der Waals surface area contributed by atoms with Crippen LogP contribution < -0.4 is 10.1 Å². The van der Waals surface area contributed by atoms with E-state index in [1.165, 1.54) is 11.8 Å². The summed E-state index contributed by atoms with van der Waals surface area (Å²) in [7, 11) is 1.55. The first kappa shape index (κ1) is 21.1. The fourth-order valence-electron chi connectivity index (χ4n) is 4.31. The minimum Gasteiger partial charge on any atom is -0.479 e. The molecule has 0 bridgehead atoms. The molecule has 0 unspecified atom stereocenters. The van der Waals surface area contributed by atoms with E-state index in [1.807, 2.05) is 42.1 Å². The number of alkyl halides is 1. The number of nitrogens with zero attached hydrogens (tertiary/aromatic N) is 7. The van der Waals surface area contributed by atoms with E-state index < -0.39 is 12.2 Å². The van der Waals surface area contributed by atoms with Gasteiger partial charge in [-0.05, 0) is 37.1 Å². The number of hydrogen-bond acceptors (Lipinski definition) is 7. The first-order valence-corrected chi connectivity index (χ1v) is 10.9. The Morgan fingerprint density at radius 1 is 1.33 bits per heavy atom. The summed E-state index contributed by atoms with van der Waals surface area (Å²) in [6.45, 7) is 4.75. The first-order valence-electron chi connectivity index (χ1n) is 10.9. The standard InChI is InChI=1S/C22H25FN8O2/c1-4-30-19-11-14(5-6-18(19)26-28-30)15-7-10-31-20(15)21(33-3)25-22(27-31)24-17-8-9-29(13(2)32)12-16(17)23/h5-7,10-11,16-17H,4,8-9,12H2,1-3H3,(H,24,27)/t16-,17+/m1/s1. The molecule has 1 fully saturated rings. The lowest BCUT2D eigenvalue weighted by Crippen LogP contribution is -2.49. The number of amides is 1. The smallest absolute Gasteiger partial charge is 0.244 e. The number of carbonyl (C=O) groups excluding carboxylic acids is 1. The Balaban J connectivity index is 1.48. The van der Waals surface area contributed by atoms with Crippen LogP contribution in [0.5, 0.6) is 5.88 Å². The van der Waals surface area contributed by atoms with Crippen LogP contribution in [0.25, 0.3) is 27.7 Å². The molecule has 4 heterocycles. The average Bonchev–Trinajstić information content (AvgIpc) is 3.43. The Morgan fingerprint density at radius 3 is 2.91 bits per heavy atom. The summed E-state index contributed by atoms with van der Waals surface area (Å²) >= 11 is 0. The summed E-state index contributed by atoms with van der Waals surface area (Å²) in [6.07, 6.45) is 1.09. The maximum Gasteiger partial charge on any atom is 0.244 e. The van der Waals surface area contributed by atoms with E-state index in [-0.39, 0.29) is 18.4 Å². The summed E-state index contributed by atoms with van der Waals surface area (Å²) in [4.78, 5) is 17.6.